The molecule has 124 valence electrons. The molecule has 0 saturated heterocycles. The number of esters is 1. The minimum atomic E-state index is -1.21. The van der Waals surface area contributed by atoms with Crippen LogP contribution in [0.5, 0.6) is 5.75 Å². The Morgan fingerprint density at radius 3 is 2.92 bits per heavy atom. The average Bonchev–Trinajstić information content (AvgIpc) is 2.96. The standard InChI is InChI=1S/C17H14O6S/c1-9(17(20)21)23-14(18)7-10-2-3-13-12(6-10)15(19)16-11(8-22-13)4-5-24-16/h2-6,9H,7-8H2,1H3,(H,20,21). The van der Waals surface area contributed by atoms with Crippen molar-refractivity contribution in [3.05, 3.63) is 51.2 Å². The molecule has 0 amide bonds. The highest BCUT2D eigenvalue weighted by Crippen LogP contribution is 2.31. The van der Waals surface area contributed by atoms with Gasteiger partial charge in [0.15, 0.2) is 6.10 Å². The summed E-state index contributed by atoms with van der Waals surface area (Å²) in [5.41, 5.74) is 1.80. The quantitative estimate of drug-likeness (QED) is 0.855. The van der Waals surface area contributed by atoms with Gasteiger partial charge in [-0.2, -0.15) is 0 Å². The Kier molecular flexibility index (Phi) is 4.35. The second kappa shape index (κ2) is 6.45. The van der Waals surface area contributed by atoms with E-state index in [1.807, 2.05) is 11.4 Å². The first-order chi connectivity index (χ1) is 11.5. The SMILES string of the molecule is CC(OC(=O)Cc1ccc2c(c1)C(=O)c1sccc1CO2)C(=O)O. The van der Waals surface area contributed by atoms with Crippen LogP contribution in [0, 0.1) is 0 Å². The normalized spacial score (nSPS) is 14.0. The van der Waals surface area contributed by atoms with E-state index in [9.17, 15) is 14.4 Å². The summed E-state index contributed by atoms with van der Waals surface area (Å²) < 4.78 is 10.5. The van der Waals surface area contributed by atoms with Gasteiger partial charge in [-0.1, -0.05) is 6.07 Å². The number of thiophene rings is 1. The van der Waals surface area contributed by atoms with Gasteiger partial charge in [0.05, 0.1) is 16.9 Å². The van der Waals surface area contributed by atoms with Crippen LogP contribution in [0.3, 0.4) is 0 Å². The van der Waals surface area contributed by atoms with Crippen molar-refractivity contribution < 1.29 is 29.0 Å². The molecule has 3 rings (SSSR count). The Labute approximate surface area is 141 Å². The molecule has 1 aliphatic rings. The molecule has 1 N–H and O–H groups in total. The number of aliphatic carboxylic acids is 1. The summed E-state index contributed by atoms with van der Waals surface area (Å²) in [6.45, 7) is 1.61. The van der Waals surface area contributed by atoms with E-state index in [0.29, 0.717) is 28.4 Å². The smallest absolute Gasteiger partial charge is 0.344 e. The van der Waals surface area contributed by atoms with Gasteiger partial charge in [0.25, 0.3) is 0 Å². The van der Waals surface area contributed by atoms with E-state index in [2.05, 4.69) is 0 Å². The number of fused-ring (bicyclic) bond motifs is 2. The van der Waals surface area contributed by atoms with Crippen molar-refractivity contribution in [1.82, 2.24) is 0 Å². The summed E-state index contributed by atoms with van der Waals surface area (Å²) >= 11 is 1.36. The number of carbonyl (C=O) groups excluding carboxylic acids is 2. The maximum atomic E-state index is 12.6. The molecular formula is C17H14O6S. The van der Waals surface area contributed by atoms with Crippen LogP contribution in [0.25, 0.3) is 0 Å². The molecule has 0 aliphatic carbocycles. The molecular weight excluding hydrogens is 332 g/mol. The molecule has 7 heteroatoms. The summed E-state index contributed by atoms with van der Waals surface area (Å²) in [7, 11) is 0. The Balaban J connectivity index is 1.82. The van der Waals surface area contributed by atoms with Gasteiger partial charge < -0.3 is 14.6 Å². The van der Waals surface area contributed by atoms with Crippen LogP contribution in [0.1, 0.15) is 33.3 Å². The molecule has 1 aromatic heterocycles. The largest absolute Gasteiger partial charge is 0.488 e. The lowest BCUT2D eigenvalue weighted by atomic mass is 10.0. The Morgan fingerprint density at radius 2 is 2.17 bits per heavy atom. The third-order valence-corrected chi connectivity index (χ3v) is 4.58. The highest BCUT2D eigenvalue weighted by atomic mass is 32.1. The first-order valence-corrected chi connectivity index (χ1v) is 8.12. The molecule has 1 aromatic carbocycles. The number of carboxylic acids is 1. The molecule has 24 heavy (non-hydrogen) atoms. The molecule has 6 nitrogen and oxygen atoms in total. The van der Waals surface area contributed by atoms with E-state index in [-0.39, 0.29) is 12.2 Å². The highest BCUT2D eigenvalue weighted by Gasteiger charge is 2.24. The minimum absolute atomic E-state index is 0.116. The van der Waals surface area contributed by atoms with Crippen molar-refractivity contribution in [3.8, 4) is 5.75 Å². The van der Waals surface area contributed by atoms with Crippen molar-refractivity contribution in [1.29, 1.82) is 0 Å². The number of hydrogen-bond donors (Lipinski definition) is 1. The van der Waals surface area contributed by atoms with Crippen molar-refractivity contribution >= 4 is 29.1 Å². The van der Waals surface area contributed by atoms with Gasteiger partial charge in [-0.05, 0) is 36.1 Å². The van der Waals surface area contributed by atoms with Crippen LogP contribution in [-0.4, -0.2) is 28.9 Å². The van der Waals surface area contributed by atoms with Gasteiger partial charge >= 0.3 is 11.9 Å². The molecule has 1 unspecified atom stereocenters. The van der Waals surface area contributed by atoms with Gasteiger partial charge in [0.2, 0.25) is 5.78 Å². The predicted octanol–water partition coefficient (Wildman–Crippen LogP) is 2.43. The van der Waals surface area contributed by atoms with Crippen LogP contribution in [0.2, 0.25) is 0 Å². The lowest BCUT2D eigenvalue weighted by Crippen LogP contribution is -2.24. The number of rotatable bonds is 4. The van der Waals surface area contributed by atoms with Crippen molar-refractivity contribution in [3.63, 3.8) is 0 Å². The highest BCUT2D eigenvalue weighted by molar-refractivity contribution is 7.12. The van der Waals surface area contributed by atoms with Gasteiger partial charge in [0.1, 0.15) is 12.4 Å². The summed E-state index contributed by atoms with van der Waals surface area (Å²) in [4.78, 5) is 35.8. The monoisotopic (exact) mass is 346 g/mol. The van der Waals surface area contributed by atoms with E-state index in [1.54, 1.807) is 18.2 Å². The number of carbonyl (C=O) groups is 3. The van der Waals surface area contributed by atoms with Crippen LogP contribution >= 0.6 is 11.3 Å². The van der Waals surface area contributed by atoms with Gasteiger partial charge in [-0.3, -0.25) is 9.59 Å². The topological polar surface area (TPSA) is 89.9 Å². The van der Waals surface area contributed by atoms with Gasteiger partial charge in [-0.25, -0.2) is 4.79 Å². The number of ether oxygens (including phenoxy) is 2. The fourth-order valence-electron chi connectivity index (χ4n) is 2.37. The number of hydrogen-bond acceptors (Lipinski definition) is 6. The summed E-state index contributed by atoms with van der Waals surface area (Å²) in [6, 6.07) is 6.76. The molecule has 0 radical (unpaired) electrons. The van der Waals surface area contributed by atoms with Crippen molar-refractivity contribution in [2.75, 3.05) is 0 Å². The average molecular weight is 346 g/mol. The zero-order chi connectivity index (χ0) is 17.3. The van der Waals surface area contributed by atoms with Gasteiger partial charge in [-0.15, -0.1) is 11.3 Å². The molecule has 2 aromatic rings. The Hall–Kier alpha value is -2.67. The first-order valence-electron chi connectivity index (χ1n) is 7.25. The lowest BCUT2D eigenvalue weighted by Gasteiger charge is -2.10. The fraction of sp³-hybridized carbons (Fsp3) is 0.235. The summed E-state index contributed by atoms with van der Waals surface area (Å²) in [5.74, 6) is -1.54. The third-order valence-electron chi connectivity index (χ3n) is 3.63. The van der Waals surface area contributed by atoms with Crippen molar-refractivity contribution in [2.24, 2.45) is 0 Å². The van der Waals surface area contributed by atoms with Crippen LogP contribution in [0.4, 0.5) is 0 Å². The molecule has 0 saturated carbocycles. The second-order valence-corrected chi connectivity index (χ2v) is 6.29. The van der Waals surface area contributed by atoms with Crippen LogP contribution in [-0.2, 0) is 27.4 Å². The molecule has 1 atom stereocenters. The van der Waals surface area contributed by atoms with E-state index in [0.717, 1.165) is 5.56 Å². The van der Waals surface area contributed by atoms with E-state index in [1.165, 1.54) is 18.3 Å². The number of carboxylic acid groups (broad SMARTS) is 1. The Bertz CT molecular complexity index is 822. The second-order valence-electron chi connectivity index (χ2n) is 5.37. The summed E-state index contributed by atoms with van der Waals surface area (Å²) in [6.07, 6.45) is -1.33. The molecule has 1 aliphatic heterocycles. The lowest BCUT2D eigenvalue weighted by molar-refractivity contribution is -0.162. The van der Waals surface area contributed by atoms with E-state index >= 15 is 0 Å². The third kappa shape index (κ3) is 3.16. The minimum Gasteiger partial charge on any atom is -0.488 e. The molecule has 2 heterocycles. The Morgan fingerprint density at radius 1 is 1.38 bits per heavy atom. The van der Waals surface area contributed by atoms with Gasteiger partial charge in [0, 0.05) is 5.56 Å². The maximum Gasteiger partial charge on any atom is 0.344 e. The zero-order valence-electron chi connectivity index (χ0n) is 12.8. The summed E-state index contributed by atoms with van der Waals surface area (Å²) in [5, 5.41) is 10.6. The number of ketones is 1. The molecule has 0 spiro atoms. The van der Waals surface area contributed by atoms with E-state index < -0.39 is 18.0 Å². The van der Waals surface area contributed by atoms with Crippen LogP contribution < -0.4 is 4.74 Å². The van der Waals surface area contributed by atoms with Crippen molar-refractivity contribution in [2.45, 2.75) is 26.1 Å². The maximum absolute atomic E-state index is 12.6. The molecule has 0 fully saturated rings. The number of benzene rings is 1. The van der Waals surface area contributed by atoms with E-state index in [4.69, 9.17) is 14.6 Å². The fourth-order valence-corrected chi connectivity index (χ4v) is 3.24. The first kappa shape index (κ1) is 16.2. The predicted molar refractivity (Wildman–Crippen MR) is 85.4 cm³/mol. The zero-order valence-corrected chi connectivity index (χ0v) is 13.6. The van der Waals surface area contributed by atoms with Crippen LogP contribution in [0.15, 0.2) is 29.6 Å². The molecule has 0 bridgehead atoms.